The summed E-state index contributed by atoms with van der Waals surface area (Å²) in [6.07, 6.45) is 7.77. The molecule has 2 aliphatic rings. The van der Waals surface area contributed by atoms with Gasteiger partial charge in [0.05, 0.1) is 22.1 Å². The number of aromatic nitrogens is 1. The number of hydrogen-bond acceptors (Lipinski definition) is 5. The van der Waals surface area contributed by atoms with Crippen LogP contribution >= 0.6 is 0 Å². The van der Waals surface area contributed by atoms with E-state index in [9.17, 15) is 19.4 Å². The van der Waals surface area contributed by atoms with E-state index in [-0.39, 0.29) is 4.90 Å². The third-order valence-corrected chi connectivity index (χ3v) is 7.30. The second-order valence-electron chi connectivity index (χ2n) is 8.54. The minimum atomic E-state index is -3.57. The zero-order chi connectivity index (χ0) is 22.4. The van der Waals surface area contributed by atoms with Gasteiger partial charge in [0, 0.05) is 23.6 Å². The van der Waals surface area contributed by atoms with Gasteiger partial charge in [-0.25, -0.2) is 14.1 Å². The minimum absolute atomic E-state index is 0.0672. The van der Waals surface area contributed by atoms with Crippen molar-refractivity contribution in [1.29, 1.82) is 5.26 Å². The number of aliphatic hydroxyl groups is 1. The van der Waals surface area contributed by atoms with Crippen molar-refractivity contribution >= 4 is 21.6 Å². The summed E-state index contributed by atoms with van der Waals surface area (Å²) in [6, 6.07) is 3.01. The van der Waals surface area contributed by atoms with Crippen LogP contribution in [0.2, 0.25) is 0 Å². The summed E-state index contributed by atoms with van der Waals surface area (Å²) in [7, 11) is -3.57. The lowest BCUT2D eigenvalue weighted by Crippen LogP contribution is -2.21. The van der Waals surface area contributed by atoms with Crippen molar-refractivity contribution in [3.05, 3.63) is 51.8 Å². The van der Waals surface area contributed by atoms with Crippen LogP contribution < -0.4 is 10.5 Å². The average Bonchev–Trinajstić information content (AvgIpc) is 3.37. The molecule has 0 aliphatic heterocycles. The summed E-state index contributed by atoms with van der Waals surface area (Å²) in [5, 5.41) is 28.6. The highest BCUT2D eigenvalue weighted by atomic mass is 32.2. The first-order valence-corrected chi connectivity index (χ1v) is 11.8. The van der Waals surface area contributed by atoms with Gasteiger partial charge in [-0.2, -0.15) is 5.26 Å². The van der Waals surface area contributed by atoms with Gasteiger partial charge in [0.1, 0.15) is 9.92 Å². The van der Waals surface area contributed by atoms with Gasteiger partial charge < -0.3 is 10.4 Å². The lowest BCUT2D eigenvalue weighted by Gasteiger charge is -2.18. The van der Waals surface area contributed by atoms with Gasteiger partial charge in [-0.1, -0.05) is 0 Å². The largest absolute Gasteiger partial charge is 0.386 e. The van der Waals surface area contributed by atoms with Crippen molar-refractivity contribution in [1.82, 2.24) is 4.98 Å². The highest BCUT2D eigenvalue weighted by Gasteiger charge is 2.29. The number of carbonyl (C=O) groups is 1. The molecule has 0 fully saturated rings. The number of nitrogens with one attached hydrogen (secondary N) is 1. The zero-order valence-electron chi connectivity index (χ0n) is 17.6. The van der Waals surface area contributed by atoms with E-state index in [4.69, 9.17) is 5.14 Å². The number of amides is 2. The predicted octanol–water partition coefficient (Wildman–Crippen LogP) is 3.09. The average molecular weight is 440 g/mol. The first-order chi connectivity index (χ1) is 14.6. The van der Waals surface area contributed by atoms with Gasteiger partial charge in [-0.3, -0.25) is 4.98 Å². The highest BCUT2D eigenvalue weighted by molar-refractivity contribution is 7.91. The number of nitrogens with two attached hydrogens (primary N) is 1. The van der Waals surface area contributed by atoms with Crippen molar-refractivity contribution in [2.24, 2.45) is 9.50 Å². The van der Waals surface area contributed by atoms with Crippen LogP contribution in [0.25, 0.3) is 0 Å². The number of benzene rings is 1. The van der Waals surface area contributed by atoms with Gasteiger partial charge in [0.25, 0.3) is 0 Å². The molecule has 1 atom stereocenters. The van der Waals surface area contributed by atoms with Crippen LogP contribution in [0.5, 0.6) is 0 Å². The number of urea groups is 1. The Bertz CT molecular complexity index is 1210. The van der Waals surface area contributed by atoms with E-state index in [1.807, 2.05) is 0 Å². The number of rotatable bonds is 3. The van der Waals surface area contributed by atoms with Crippen LogP contribution in [-0.2, 0) is 41.2 Å². The second-order valence-corrected chi connectivity index (χ2v) is 10.3. The van der Waals surface area contributed by atoms with Gasteiger partial charge in [0.2, 0.25) is 0 Å². The lowest BCUT2D eigenvalue weighted by atomic mass is 9.93. The van der Waals surface area contributed by atoms with Crippen molar-refractivity contribution < 1.29 is 14.1 Å². The maximum absolute atomic E-state index is 13.0. The van der Waals surface area contributed by atoms with E-state index in [1.54, 1.807) is 13.8 Å². The molecule has 2 aromatic rings. The van der Waals surface area contributed by atoms with Crippen molar-refractivity contribution in [2.45, 2.75) is 62.9 Å². The Morgan fingerprint density at radius 2 is 1.77 bits per heavy atom. The monoisotopic (exact) mass is 439 g/mol. The first-order valence-electron chi connectivity index (χ1n) is 10.2. The van der Waals surface area contributed by atoms with Gasteiger partial charge >= 0.3 is 6.03 Å². The summed E-state index contributed by atoms with van der Waals surface area (Å²) >= 11 is 0. The molecule has 8 nitrogen and oxygen atoms in total. The Morgan fingerprint density at radius 1 is 1.19 bits per heavy atom. The van der Waals surface area contributed by atoms with Gasteiger partial charge in [-0.15, -0.1) is 4.36 Å². The Kier molecular flexibility index (Phi) is 5.33. The topological polar surface area (TPSA) is 141 Å². The highest BCUT2D eigenvalue weighted by Crippen LogP contribution is 2.41. The smallest absolute Gasteiger partial charge is 0.354 e. The van der Waals surface area contributed by atoms with Crippen molar-refractivity contribution in [2.75, 3.05) is 5.32 Å². The number of hydrogen-bond donors (Lipinski definition) is 3. The number of nitrogens with zero attached hydrogens (tertiary/aromatic N) is 3. The minimum Gasteiger partial charge on any atom is -0.386 e. The van der Waals surface area contributed by atoms with E-state index in [0.717, 1.165) is 66.3 Å². The Hall–Kier alpha value is -2.80. The number of pyridine rings is 1. The quantitative estimate of drug-likeness (QED) is 0.674. The molecule has 0 radical (unpaired) electrons. The third-order valence-electron chi connectivity index (χ3n) is 5.96. The zero-order valence-corrected chi connectivity index (χ0v) is 18.4. The number of anilines is 1. The summed E-state index contributed by atoms with van der Waals surface area (Å²) < 4.78 is 16.8. The van der Waals surface area contributed by atoms with Crippen LogP contribution in [0.3, 0.4) is 0 Å². The third kappa shape index (κ3) is 3.94. The Morgan fingerprint density at radius 3 is 2.32 bits per heavy atom. The standard InChI is InChI=1S/C22H25N5O3S/c1-22(2,29)13-9-14(12-25-11-13)31(24,30)27-21(28)26-20-17-7-3-5-15(17)19(10-23)16-6-4-8-18(16)20/h9,11-12,29H,3-8H2,1-2H3,(H3,24,26,27,28,30). The molecular weight excluding hydrogens is 414 g/mol. The fourth-order valence-electron chi connectivity index (χ4n) is 4.46. The van der Waals surface area contributed by atoms with E-state index in [0.29, 0.717) is 11.3 Å². The molecular formula is C22H25N5O3S. The van der Waals surface area contributed by atoms with Gasteiger partial charge in [-0.05, 0) is 80.7 Å². The maximum atomic E-state index is 13.0. The second kappa shape index (κ2) is 7.71. The van der Waals surface area contributed by atoms with Crippen LogP contribution in [0.1, 0.15) is 60.1 Å². The molecule has 0 saturated heterocycles. The molecule has 1 unspecified atom stereocenters. The van der Waals surface area contributed by atoms with Crippen LogP contribution in [0.4, 0.5) is 10.5 Å². The lowest BCUT2D eigenvalue weighted by molar-refractivity contribution is 0.0780. The molecule has 162 valence electrons. The molecule has 0 saturated carbocycles. The molecule has 2 amide bonds. The normalized spacial score (nSPS) is 16.7. The van der Waals surface area contributed by atoms with Crippen molar-refractivity contribution in [3.8, 4) is 6.07 Å². The molecule has 0 spiro atoms. The maximum Gasteiger partial charge on any atom is 0.354 e. The SMILES string of the molecule is CC(C)(O)c1cncc(S(N)(=O)=NC(=O)Nc2c3c(c(C#N)c4c2CCC4)CCC3)c1. The molecule has 1 heterocycles. The van der Waals surface area contributed by atoms with E-state index in [2.05, 4.69) is 20.7 Å². The molecule has 31 heavy (non-hydrogen) atoms. The van der Waals surface area contributed by atoms with Crippen LogP contribution in [0.15, 0.2) is 27.7 Å². The van der Waals surface area contributed by atoms with Crippen molar-refractivity contribution in [3.63, 3.8) is 0 Å². The summed E-state index contributed by atoms with van der Waals surface area (Å²) in [6.45, 7) is 3.14. The predicted molar refractivity (Wildman–Crippen MR) is 117 cm³/mol. The van der Waals surface area contributed by atoms with E-state index in [1.165, 1.54) is 18.5 Å². The number of nitriles is 1. The molecule has 4 N–H and O–H groups in total. The summed E-state index contributed by atoms with van der Waals surface area (Å²) in [5.41, 5.74) is 4.65. The van der Waals surface area contributed by atoms with Crippen LogP contribution in [0, 0.1) is 11.3 Å². The molecule has 0 bridgehead atoms. The van der Waals surface area contributed by atoms with E-state index >= 15 is 0 Å². The fraction of sp³-hybridized carbons (Fsp3) is 0.409. The van der Waals surface area contributed by atoms with E-state index < -0.39 is 21.5 Å². The van der Waals surface area contributed by atoms with Gasteiger partial charge in [0.15, 0.2) is 0 Å². The summed E-state index contributed by atoms with van der Waals surface area (Å²) in [5.74, 6) is 0. The van der Waals surface area contributed by atoms with Crippen LogP contribution in [-0.4, -0.2) is 20.3 Å². The number of carbonyl (C=O) groups excluding carboxylic acids is 1. The number of fused-ring (bicyclic) bond motifs is 2. The molecule has 1 aromatic carbocycles. The molecule has 1 aromatic heterocycles. The first kappa shape index (κ1) is 21.4. The molecule has 9 heteroatoms. The Labute approximate surface area is 181 Å². The fourth-order valence-corrected chi connectivity index (χ4v) is 5.37. The molecule has 4 rings (SSSR count). The Balaban J connectivity index is 1.71. The molecule has 2 aliphatic carbocycles. The summed E-state index contributed by atoms with van der Waals surface area (Å²) in [4.78, 5) is 16.8.